The van der Waals surface area contributed by atoms with Crippen molar-refractivity contribution in [3.8, 4) is 0 Å². The smallest absolute Gasteiger partial charge is 0.239 e. The molecule has 1 unspecified atom stereocenters. The second kappa shape index (κ2) is 4.08. The lowest BCUT2D eigenvalue weighted by atomic mass is 10.3. The zero-order valence-corrected chi connectivity index (χ0v) is 7.58. The summed E-state index contributed by atoms with van der Waals surface area (Å²) in [5.41, 5.74) is 7.45. The highest BCUT2D eigenvalue weighted by Gasteiger charge is 2.21. The van der Waals surface area contributed by atoms with Crippen LogP contribution in [0.5, 0.6) is 0 Å². The van der Waals surface area contributed by atoms with Crippen LogP contribution in [-0.2, 0) is 4.79 Å². The first-order valence-electron chi connectivity index (χ1n) is 4.23. The molecule has 1 saturated carbocycles. The van der Waals surface area contributed by atoms with Crippen molar-refractivity contribution < 1.29 is 4.79 Å². The van der Waals surface area contributed by atoms with Gasteiger partial charge in [-0.15, -0.1) is 0 Å². The van der Waals surface area contributed by atoms with Crippen LogP contribution in [0.4, 0.5) is 0 Å². The van der Waals surface area contributed by atoms with Crippen LogP contribution in [0.15, 0.2) is 4.99 Å². The molecule has 1 aliphatic carbocycles. The average Bonchev–Trinajstić information content (AvgIpc) is 2.86. The molecule has 0 aliphatic heterocycles. The molecular formula is C7H15N5O. The van der Waals surface area contributed by atoms with Crippen molar-refractivity contribution in [2.75, 3.05) is 0 Å². The van der Waals surface area contributed by atoms with Gasteiger partial charge in [0.25, 0.3) is 0 Å². The van der Waals surface area contributed by atoms with E-state index in [4.69, 9.17) is 11.6 Å². The van der Waals surface area contributed by atoms with E-state index in [-0.39, 0.29) is 0 Å². The number of amides is 1. The van der Waals surface area contributed by atoms with E-state index in [1.807, 2.05) is 0 Å². The van der Waals surface area contributed by atoms with Crippen molar-refractivity contribution in [2.24, 2.45) is 16.6 Å². The molecular weight excluding hydrogens is 170 g/mol. The monoisotopic (exact) mass is 185 g/mol. The largest absolute Gasteiger partial charge is 0.368 e. The molecule has 1 rings (SSSR count). The normalized spacial score (nSPS) is 19.4. The van der Waals surface area contributed by atoms with Gasteiger partial charge < -0.3 is 11.1 Å². The van der Waals surface area contributed by atoms with E-state index in [9.17, 15) is 4.79 Å². The van der Waals surface area contributed by atoms with Crippen LogP contribution < -0.4 is 22.3 Å². The molecule has 6 N–H and O–H groups in total. The molecule has 13 heavy (non-hydrogen) atoms. The van der Waals surface area contributed by atoms with E-state index < -0.39 is 11.9 Å². The maximum atomic E-state index is 10.7. The van der Waals surface area contributed by atoms with Crippen LogP contribution >= 0.6 is 0 Å². The fourth-order valence-corrected chi connectivity index (χ4v) is 0.779. The molecule has 0 aromatic heterocycles. The number of carbonyl (C=O) groups excluding carboxylic acids is 1. The van der Waals surface area contributed by atoms with E-state index in [2.05, 4.69) is 15.7 Å². The number of guanidine groups is 1. The first-order valence-corrected chi connectivity index (χ1v) is 4.23. The van der Waals surface area contributed by atoms with E-state index in [0.717, 1.165) is 12.8 Å². The lowest BCUT2D eigenvalue weighted by Crippen LogP contribution is -2.50. The summed E-state index contributed by atoms with van der Waals surface area (Å²) in [5, 5.41) is 2.78. The molecule has 1 aliphatic rings. The summed E-state index contributed by atoms with van der Waals surface area (Å²) in [5.74, 6) is 5.19. The van der Waals surface area contributed by atoms with Crippen LogP contribution in [0.1, 0.15) is 19.8 Å². The van der Waals surface area contributed by atoms with Crippen LogP contribution in [-0.4, -0.2) is 24.0 Å². The first-order chi connectivity index (χ1) is 6.13. The number of nitrogens with two attached hydrogens (primary N) is 2. The van der Waals surface area contributed by atoms with Gasteiger partial charge in [-0.25, -0.2) is 10.8 Å². The summed E-state index contributed by atoms with van der Waals surface area (Å²) in [7, 11) is 0. The second-order valence-electron chi connectivity index (χ2n) is 3.12. The maximum Gasteiger partial charge on any atom is 0.239 e. The second-order valence-corrected chi connectivity index (χ2v) is 3.12. The first kappa shape index (κ1) is 9.79. The number of nitrogens with zero attached hydrogens (tertiary/aromatic N) is 1. The van der Waals surface area contributed by atoms with Gasteiger partial charge in [0.05, 0.1) is 6.04 Å². The van der Waals surface area contributed by atoms with Gasteiger partial charge in [-0.05, 0) is 19.8 Å². The minimum Gasteiger partial charge on any atom is -0.368 e. The summed E-state index contributed by atoms with van der Waals surface area (Å²) >= 11 is 0. The van der Waals surface area contributed by atoms with Crippen molar-refractivity contribution in [1.82, 2.24) is 10.7 Å². The van der Waals surface area contributed by atoms with Crippen molar-refractivity contribution >= 4 is 11.9 Å². The summed E-state index contributed by atoms with van der Waals surface area (Å²) in [6.07, 6.45) is 2.16. The zero-order chi connectivity index (χ0) is 9.84. The summed E-state index contributed by atoms with van der Waals surface area (Å²) in [4.78, 5) is 14.9. The Morgan fingerprint density at radius 1 is 1.62 bits per heavy atom. The molecule has 0 aromatic rings. The Labute approximate surface area is 76.7 Å². The van der Waals surface area contributed by atoms with Gasteiger partial charge in [0.15, 0.2) is 0 Å². The van der Waals surface area contributed by atoms with Gasteiger partial charge in [-0.1, -0.05) is 0 Å². The Kier molecular flexibility index (Phi) is 3.07. The van der Waals surface area contributed by atoms with Gasteiger partial charge in [0, 0.05) is 0 Å². The minimum atomic E-state index is -0.464. The number of primary amides is 1. The molecule has 0 spiro atoms. The van der Waals surface area contributed by atoms with Crippen molar-refractivity contribution in [3.63, 3.8) is 0 Å². The Morgan fingerprint density at radius 2 is 2.23 bits per heavy atom. The standard InChI is InChI=1S/C7H15N5O/c1-4(6(8)13)10-7(12-9)11-5-2-3-5/h4-5H,2-3,9H2,1H3,(H2,8,13)(H2,10,11,12). The molecule has 1 fully saturated rings. The number of rotatable bonds is 3. The average molecular weight is 185 g/mol. The van der Waals surface area contributed by atoms with E-state index in [1.54, 1.807) is 6.92 Å². The van der Waals surface area contributed by atoms with Gasteiger partial charge in [0.1, 0.15) is 6.04 Å². The number of hydrogen-bond donors (Lipinski definition) is 4. The maximum absolute atomic E-state index is 10.7. The molecule has 1 amide bonds. The van der Waals surface area contributed by atoms with Gasteiger partial charge in [-0.3, -0.25) is 10.2 Å². The highest BCUT2D eigenvalue weighted by atomic mass is 16.1. The van der Waals surface area contributed by atoms with Gasteiger partial charge in [0.2, 0.25) is 11.9 Å². The Bertz CT molecular complexity index is 223. The third-order valence-electron chi connectivity index (χ3n) is 1.78. The fraction of sp³-hybridized carbons (Fsp3) is 0.714. The highest BCUT2D eigenvalue weighted by molar-refractivity contribution is 5.87. The van der Waals surface area contributed by atoms with Gasteiger partial charge in [-0.2, -0.15) is 0 Å². The molecule has 0 bridgehead atoms. The highest BCUT2D eigenvalue weighted by Crippen LogP contribution is 2.23. The van der Waals surface area contributed by atoms with Crippen LogP contribution in [0.3, 0.4) is 0 Å². The lowest BCUT2D eigenvalue weighted by Gasteiger charge is -2.12. The number of aliphatic imine (C=N–C) groups is 1. The molecule has 6 nitrogen and oxygen atoms in total. The van der Waals surface area contributed by atoms with Crippen LogP contribution in [0.25, 0.3) is 0 Å². The topological polar surface area (TPSA) is 106 Å². The zero-order valence-electron chi connectivity index (χ0n) is 7.58. The SMILES string of the molecule is CC(NC(=NC1CC1)NN)C(N)=O. The molecule has 74 valence electrons. The van der Waals surface area contributed by atoms with E-state index in [0.29, 0.717) is 12.0 Å². The third kappa shape index (κ3) is 3.29. The molecule has 0 aromatic carbocycles. The fourth-order valence-electron chi connectivity index (χ4n) is 0.779. The Balaban J connectivity index is 2.42. The van der Waals surface area contributed by atoms with Crippen molar-refractivity contribution in [2.45, 2.75) is 31.8 Å². The quantitative estimate of drug-likeness (QED) is 0.184. The summed E-state index contributed by atoms with van der Waals surface area (Å²) < 4.78 is 0. The third-order valence-corrected chi connectivity index (χ3v) is 1.78. The lowest BCUT2D eigenvalue weighted by molar-refractivity contribution is -0.119. The molecule has 0 saturated heterocycles. The number of carbonyl (C=O) groups is 1. The van der Waals surface area contributed by atoms with Crippen molar-refractivity contribution in [3.05, 3.63) is 0 Å². The van der Waals surface area contributed by atoms with Crippen LogP contribution in [0.2, 0.25) is 0 Å². The number of nitrogens with one attached hydrogen (secondary N) is 2. The van der Waals surface area contributed by atoms with Crippen LogP contribution in [0, 0.1) is 0 Å². The van der Waals surface area contributed by atoms with Crippen molar-refractivity contribution in [1.29, 1.82) is 0 Å². The van der Waals surface area contributed by atoms with Gasteiger partial charge >= 0.3 is 0 Å². The Hall–Kier alpha value is -1.30. The predicted octanol–water partition coefficient (Wildman–Crippen LogP) is -1.57. The van der Waals surface area contributed by atoms with E-state index >= 15 is 0 Å². The molecule has 1 atom stereocenters. The Morgan fingerprint density at radius 3 is 2.62 bits per heavy atom. The summed E-state index contributed by atoms with van der Waals surface area (Å²) in [6, 6.07) is -0.118. The predicted molar refractivity (Wildman–Crippen MR) is 49.6 cm³/mol. The molecule has 0 heterocycles. The summed E-state index contributed by atoms with van der Waals surface area (Å²) in [6.45, 7) is 1.65. The number of hydrazine groups is 1. The molecule has 0 radical (unpaired) electrons. The minimum absolute atomic E-state index is 0.346. The number of hydrogen-bond acceptors (Lipinski definition) is 3. The molecule has 6 heteroatoms. The van der Waals surface area contributed by atoms with E-state index in [1.165, 1.54) is 0 Å².